The Labute approximate surface area is 140 Å². The number of halogens is 1. The highest BCUT2D eigenvalue weighted by Crippen LogP contribution is 3.04. The fourth-order valence-corrected chi connectivity index (χ4v) is 62.4. The van der Waals surface area contributed by atoms with Crippen LogP contribution < -0.4 is 17.0 Å². The van der Waals surface area contributed by atoms with Gasteiger partial charge in [0, 0.05) is 13.1 Å². The van der Waals surface area contributed by atoms with E-state index in [0.29, 0.717) is 6.99 Å². The van der Waals surface area contributed by atoms with Gasteiger partial charge in [0.2, 0.25) is 0 Å². The molecular formula is C6H25BrN2P9-. The molecule has 12 heteroatoms. The maximum atomic E-state index is 2.93. The summed E-state index contributed by atoms with van der Waals surface area (Å²) in [6.07, 6.45) is 0. The smallest absolute Gasteiger partial charge is 0.0504 e. The van der Waals surface area contributed by atoms with Gasteiger partial charge >= 0.3 is 0 Å². The van der Waals surface area contributed by atoms with Crippen molar-refractivity contribution in [1.29, 1.82) is 0 Å². The molecule has 0 aromatic carbocycles. The first-order valence-electron chi connectivity index (χ1n) is 5.18. The molecule has 1 saturated heterocycles. The molecule has 0 bridgehead atoms. The number of likely N-dealkylation sites (N-methyl/N-ethyl adjacent to an activating group) is 2. The minimum absolute atomic E-state index is 0. The first-order valence-corrected chi connectivity index (χ1v) is 20.7. The molecule has 2 nitrogen and oxygen atoms in total. The molecule has 18 heavy (non-hydrogen) atoms. The summed E-state index contributed by atoms with van der Waals surface area (Å²) in [6, 6.07) is 0. The van der Waals surface area contributed by atoms with E-state index in [2.05, 4.69) is 68.4 Å². The number of hydrogen-bond donors (Lipinski definition) is 0. The van der Waals surface area contributed by atoms with E-state index in [1.807, 2.05) is 0 Å². The van der Waals surface area contributed by atoms with E-state index < -0.39 is 0 Å². The second-order valence-electron chi connectivity index (χ2n) is 3.61. The number of hydrogen-bond acceptors (Lipinski definition) is 2. The van der Waals surface area contributed by atoms with Crippen molar-refractivity contribution in [2.24, 2.45) is 0 Å². The Morgan fingerprint density at radius 2 is 1.61 bits per heavy atom. The standard InChI is InChI=1S/C6H14N2.BrH.H11P9/c1-3-8-5-4-7(2)6-8;;1-6-9(7(2)3)8(4)5/h3-6H2,1-2H3;1H;6H,1-5H2/p-1. The molecule has 1 heterocycles. The Balaban J connectivity index is 0. The summed E-state index contributed by atoms with van der Waals surface area (Å²) in [6.45, 7) is 7.71. The lowest BCUT2D eigenvalue weighted by Crippen LogP contribution is -3.00. The van der Waals surface area contributed by atoms with Gasteiger partial charge in [0.05, 0.1) is 6.67 Å². The van der Waals surface area contributed by atoms with Gasteiger partial charge in [-0.15, -0.1) is 44.6 Å². The molecule has 0 saturated carbocycles. The third kappa shape index (κ3) is 11.8. The molecule has 1 aliphatic heterocycles. The van der Waals surface area contributed by atoms with Crippen molar-refractivity contribution < 1.29 is 17.0 Å². The van der Waals surface area contributed by atoms with Crippen LogP contribution in [0.25, 0.3) is 0 Å². The Morgan fingerprint density at radius 3 is 1.72 bits per heavy atom. The molecule has 0 N–H and O–H groups in total. The van der Waals surface area contributed by atoms with Crippen LogP contribution in [0, 0.1) is 0 Å². The van der Waals surface area contributed by atoms with Crippen LogP contribution in [-0.2, 0) is 0 Å². The van der Waals surface area contributed by atoms with Crippen LogP contribution in [0.15, 0.2) is 0 Å². The van der Waals surface area contributed by atoms with Crippen molar-refractivity contribution in [2.75, 3.05) is 33.4 Å². The minimum atomic E-state index is 0. The second kappa shape index (κ2) is 14.8. The number of nitrogens with zero attached hydrogens (tertiary/aromatic N) is 2. The van der Waals surface area contributed by atoms with Crippen LogP contribution in [0.5, 0.6) is 0 Å². The normalized spacial score (nSPS) is 17.7. The molecule has 1 aliphatic rings. The Hall–Kier alpha value is 4.27. The van der Waals surface area contributed by atoms with E-state index in [1.54, 1.807) is 0 Å². The summed E-state index contributed by atoms with van der Waals surface area (Å²) in [5.41, 5.74) is 0. The third-order valence-electron chi connectivity index (χ3n) is 2.24. The van der Waals surface area contributed by atoms with Gasteiger partial charge in [-0.2, -0.15) is 0 Å². The lowest BCUT2D eigenvalue weighted by atomic mass is 10.6. The lowest BCUT2D eigenvalue weighted by molar-refractivity contribution is -0.00000288. The van der Waals surface area contributed by atoms with Gasteiger partial charge in [0.25, 0.3) is 0 Å². The first-order chi connectivity index (χ1) is 7.92. The third-order valence-corrected chi connectivity index (χ3v) is 46.5. The van der Waals surface area contributed by atoms with Gasteiger partial charge in [-0.1, -0.05) is 14.9 Å². The molecule has 0 aliphatic carbocycles. The maximum absolute atomic E-state index is 2.93. The van der Waals surface area contributed by atoms with E-state index >= 15 is 0 Å². The topological polar surface area (TPSA) is 6.48 Å². The average Bonchev–Trinajstić information content (AvgIpc) is 2.65. The fraction of sp³-hybridized carbons (Fsp3) is 1.00. The monoisotopic (exact) mass is 483 g/mol. The SMILES string of the molecule is CCN1CCN(C)C1.PPP(P(P)P)P(P)P.[Br-]. The van der Waals surface area contributed by atoms with Crippen LogP contribution in [0.4, 0.5) is 0 Å². The van der Waals surface area contributed by atoms with Crippen molar-refractivity contribution in [3.8, 4) is 0 Å². The summed E-state index contributed by atoms with van der Waals surface area (Å²) in [5.74, 6) is 0. The van der Waals surface area contributed by atoms with E-state index in [9.17, 15) is 0 Å². The zero-order chi connectivity index (χ0) is 13.4. The van der Waals surface area contributed by atoms with Crippen LogP contribution >= 0.6 is 73.6 Å². The average molecular weight is 484 g/mol. The molecule has 0 aromatic heterocycles. The Morgan fingerprint density at radius 1 is 1.11 bits per heavy atom. The largest absolute Gasteiger partial charge is 1.00 e. The van der Waals surface area contributed by atoms with E-state index in [-0.39, 0.29) is 31.0 Å². The van der Waals surface area contributed by atoms with Crippen molar-refractivity contribution in [3.63, 3.8) is 0 Å². The van der Waals surface area contributed by atoms with Crippen LogP contribution in [0.1, 0.15) is 6.92 Å². The second-order valence-corrected chi connectivity index (χ2v) is 34.3. The van der Waals surface area contributed by atoms with Crippen LogP contribution in [-0.4, -0.2) is 43.2 Å². The highest BCUT2D eigenvalue weighted by molar-refractivity contribution is 9.10. The van der Waals surface area contributed by atoms with Gasteiger partial charge in [0.1, 0.15) is 0 Å². The predicted octanol–water partition coefficient (Wildman–Crippen LogP) is 2.02. The zero-order valence-electron chi connectivity index (χ0n) is 10.8. The minimum Gasteiger partial charge on any atom is -1.00 e. The van der Waals surface area contributed by atoms with E-state index in [4.69, 9.17) is 0 Å². The molecule has 0 spiro atoms. The van der Waals surface area contributed by atoms with Gasteiger partial charge in [0.15, 0.2) is 0 Å². The highest BCUT2D eigenvalue weighted by atomic mass is 79.9. The predicted molar refractivity (Wildman–Crippen MR) is 112 cm³/mol. The zero-order valence-corrected chi connectivity index (χ0v) is 21.9. The van der Waals surface area contributed by atoms with Gasteiger partial charge < -0.3 is 17.0 Å². The summed E-state index contributed by atoms with van der Waals surface area (Å²) in [5, 5.41) is 0. The van der Waals surface area contributed by atoms with Gasteiger partial charge in [-0.25, -0.2) is 0 Å². The van der Waals surface area contributed by atoms with Crippen molar-refractivity contribution in [2.45, 2.75) is 6.92 Å². The van der Waals surface area contributed by atoms with Crippen molar-refractivity contribution in [1.82, 2.24) is 9.80 Å². The number of rotatable bonds is 4. The van der Waals surface area contributed by atoms with Crippen LogP contribution in [0.3, 0.4) is 0 Å². The maximum Gasteiger partial charge on any atom is 0.0504 e. The van der Waals surface area contributed by atoms with Crippen LogP contribution in [0.2, 0.25) is 0 Å². The molecule has 6 unspecified atom stereocenters. The lowest BCUT2D eigenvalue weighted by Gasteiger charge is -2.22. The van der Waals surface area contributed by atoms with Crippen molar-refractivity contribution >= 4 is 73.6 Å². The van der Waals surface area contributed by atoms with Crippen molar-refractivity contribution in [3.05, 3.63) is 0 Å². The summed E-state index contributed by atoms with van der Waals surface area (Å²) in [4.78, 5) is 4.77. The van der Waals surface area contributed by atoms with Gasteiger partial charge in [-0.3, -0.25) is 9.80 Å². The van der Waals surface area contributed by atoms with E-state index in [1.165, 1.54) is 19.6 Å². The Bertz CT molecular complexity index is 190. The molecule has 1 rings (SSSR count). The summed E-state index contributed by atoms with van der Waals surface area (Å²) in [7, 11) is 17.8. The molecule has 1 fully saturated rings. The quantitative estimate of drug-likeness (QED) is 0.565. The van der Waals surface area contributed by atoms with Gasteiger partial charge in [-0.05, 0) is 34.6 Å². The fourth-order valence-electron chi connectivity index (χ4n) is 1.31. The molecular weight excluding hydrogens is 459 g/mol. The summed E-state index contributed by atoms with van der Waals surface area (Å²) < 4.78 is 0. The summed E-state index contributed by atoms with van der Waals surface area (Å²) >= 11 is 0. The van der Waals surface area contributed by atoms with E-state index in [0.717, 1.165) is 14.6 Å². The molecule has 0 amide bonds. The highest BCUT2D eigenvalue weighted by Gasteiger charge is 2.14. The Kier molecular flexibility index (Phi) is 20.2. The first kappa shape index (κ1) is 24.5. The molecule has 0 aromatic rings. The molecule has 112 valence electrons. The molecule has 6 atom stereocenters. The molecule has 0 radical (unpaired) electrons.